The van der Waals surface area contributed by atoms with Gasteiger partial charge in [0.15, 0.2) is 0 Å². The lowest BCUT2D eigenvalue weighted by Crippen LogP contribution is -2.25. The summed E-state index contributed by atoms with van der Waals surface area (Å²) in [5.74, 6) is -0.540. The number of rotatable bonds is 2. The Balaban J connectivity index is 2.17. The van der Waals surface area contributed by atoms with Crippen LogP contribution in [0.4, 0.5) is 0 Å². The smallest absolute Gasteiger partial charge is 0.341 e. The Kier molecular flexibility index (Phi) is 4.39. The molecule has 1 atom stereocenters. The highest BCUT2D eigenvalue weighted by Gasteiger charge is 2.18. The van der Waals surface area contributed by atoms with E-state index >= 15 is 0 Å². The zero-order valence-corrected chi connectivity index (χ0v) is 11.3. The van der Waals surface area contributed by atoms with Crippen LogP contribution in [0.1, 0.15) is 28.4 Å². The van der Waals surface area contributed by atoms with E-state index in [-0.39, 0.29) is 17.4 Å². The van der Waals surface area contributed by atoms with Crippen LogP contribution in [0, 0.1) is 0 Å². The van der Waals surface area contributed by atoms with Gasteiger partial charge in [-0.15, -0.1) is 0 Å². The summed E-state index contributed by atoms with van der Waals surface area (Å²) in [5.41, 5.74) is 1.21. The third-order valence-corrected chi connectivity index (χ3v) is 3.51. The summed E-state index contributed by atoms with van der Waals surface area (Å²) in [6.45, 7) is 2.95. The van der Waals surface area contributed by atoms with Crippen LogP contribution in [-0.4, -0.2) is 49.8 Å². The van der Waals surface area contributed by atoms with Crippen molar-refractivity contribution in [3.8, 4) is 5.75 Å². The highest BCUT2D eigenvalue weighted by atomic mass is 16.5. The molecule has 104 valence electrons. The van der Waals surface area contributed by atoms with Crippen LogP contribution in [0.5, 0.6) is 5.75 Å². The van der Waals surface area contributed by atoms with Gasteiger partial charge in [0.05, 0.1) is 7.11 Å². The van der Waals surface area contributed by atoms with Crippen molar-refractivity contribution in [3.05, 3.63) is 29.3 Å². The quantitative estimate of drug-likeness (QED) is 0.785. The molecule has 0 radical (unpaired) electrons. The number of benzene rings is 1. The molecule has 5 heteroatoms. The fourth-order valence-electron chi connectivity index (χ4n) is 2.33. The van der Waals surface area contributed by atoms with Crippen LogP contribution in [-0.2, 0) is 4.74 Å². The molecule has 2 N–H and O–H groups in total. The van der Waals surface area contributed by atoms with E-state index in [9.17, 15) is 9.90 Å². The van der Waals surface area contributed by atoms with Crippen molar-refractivity contribution in [3.63, 3.8) is 0 Å². The molecule has 5 nitrogen and oxygen atoms in total. The number of hydrogen-bond donors (Lipinski definition) is 2. The number of nitrogens with zero attached hydrogens (tertiary/aromatic N) is 1. The summed E-state index contributed by atoms with van der Waals surface area (Å²) >= 11 is 0. The zero-order chi connectivity index (χ0) is 13.8. The van der Waals surface area contributed by atoms with Crippen molar-refractivity contribution < 1.29 is 14.6 Å². The molecule has 0 aliphatic carbocycles. The number of nitrogens with one attached hydrogen (secondary N) is 1. The van der Waals surface area contributed by atoms with Gasteiger partial charge in [-0.25, -0.2) is 4.79 Å². The predicted octanol–water partition coefficient (Wildman–Crippen LogP) is 1.14. The Hall–Kier alpha value is -1.59. The van der Waals surface area contributed by atoms with Crippen LogP contribution in [0.15, 0.2) is 18.2 Å². The topological polar surface area (TPSA) is 61.8 Å². The SMILES string of the molecule is COC(=O)c1ccc(C2CCN(C)CCN2)cc1O. The van der Waals surface area contributed by atoms with Crippen LogP contribution < -0.4 is 5.32 Å². The number of carbonyl (C=O) groups excluding carboxylic acids is 1. The maximum absolute atomic E-state index is 11.4. The number of methoxy groups -OCH3 is 1. The first kappa shape index (κ1) is 13.8. The summed E-state index contributed by atoms with van der Waals surface area (Å²) in [4.78, 5) is 13.7. The number of phenolic OH excluding ortho intramolecular Hbond substituents is 1. The van der Waals surface area contributed by atoms with Gasteiger partial charge in [-0.2, -0.15) is 0 Å². The standard InChI is InChI=1S/C14H20N2O3/c1-16-7-5-12(15-6-8-16)10-3-4-11(13(17)9-10)14(18)19-2/h3-4,9,12,15,17H,5-8H2,1-2H3. The highest BCUT2D eigenvalue weighted by molar-refractivity contribution is 5.92. The van der Waals surface area contributed by atoms with Crippen molar-refractivity contribution >= 4 is 5.97 Å². The third-order valence-electron chi connectivity index (χ3n) is 3.51. The molecule has 19 heavy (non-hydrogen) atoms. The van der Waals surface area contributed by atoms with Gasteiger partial charge < -0.3 is 20.1 Å². The molecular weight excluding hydrogens is 244 g/mol. The summed E-state index contributed by atoms with van der Waals surface area (Å²) in [6.07, 6.45) is 0.980. The fourth-order valence-corrected chi connectivity index (χ4v) is 2.33. The maximum atomic E-state index is 11.4. The first-order valence-electron chi connectivity index (χ1n) is 6.45. The Labute approximate surface area is 113 Å². The highest BCUT2D eigenvalue weighted by Crippen LogP contribution is 2.26. The van der Waals surface area contributed by atoms with Gasteiger partial charge in [0.1, 0.15) is 11.3 Å². The maximum Gasteiger partial charge on any atom is 0.341 e. The van der Waals surface area contributed by atoms with E-state index in [1.165, 1.54) is 7.11 Å². The van der Waals surface area contributed by atoms with E-state index in [1.54, 1.807) is 12.1 Å². The van der Waals surface area contributed by atoms with E-state index in [2.05, 4.69) is 22.0 Å². The summed E-state index contributed by atoms with van der Waals surface area (Å²) < 4.78 is 4.62. The predicted molar refractivity (Wildman–Crippen MR) is 72.3 cm³/mol. The minimum Gasteiger partial charge on any atom is -0.507 e. The number of phenols is 1. The largest absolute Gasteiger partial charge is 0.507 e. The first-order chi connectivity index (χ1) is 9.11. The Morgan fingerprint density at radius 3 is 2.95 bits per heavy atom. The van der Waals surface area contributed by atoms with Crippen molar-refractivity contribution in [2.24, 2.45) is 0 Å². The van der Waals surface area contributed by atoms with Crippen LogP contribution in [0.2, 0.25) is 0 Å². The second-order valence-corrected chi connectivity index (χ2v) is 4.87. The fraction of sp³-hybridized carbons (Fsp3) is 0.500. The number of hydrogen-bond acceptors (Lipinski definition) is 5. The van der Waals surface area contributed by atoms with E-state index in [0.717, 1.165) is 31.6 Å². The van der Waals surface area contributed by atoms with Crippen molar-refractivity contribution in [1.29, 1.82) is 0 Å². The van der Waals surface area contributed by atoms with E-state index in [1.807, 2.05) is 6.07 Å². The van der Waals surface area contributed by atoms with Gasteiger partial charge in [0.2, 0.25) is 0 Å². The minimum absolute atomic E-state index is 0.0243. The molecule has 1 heterocycles. The van der Waals surface area contributed by atoms with Gasteiger partial charge >= 0.3 is 5.97 Å². The first-order valence-corrected chi connectivity index (χ1v) is 6.45. The molecule has 1 aliphatic heterocycles. The lowest BCUT2D eigenvalue weighted by atomic mass is 10.0. The summed E-state index contributed by atoms with van der Waals surface area (Å²) in [6, 6.07) is 5.35. The Bertz CT molecular complexity index is 462. The van der Waals surface area contributed by atoms with Gasteiger partial charge in [-0.3, -0.25) is 0 Å². The number of likely N-dealkylation sites (N-methyl/N-ethyl adjacent to an activating group) is 1. The van der Waals surface area contributed by atoms with E-state index in [0.29, 0.717) is 0 Å². The molecule has 1 aliphatic rings. The molecule has 0 bridgehead atoms. The van der Waals surface area contributed by atoms with Crippen molar-refractivity contribution in [2.75, 3.05) is 33.8 Å². The molecular formula is C14H20N2O3. The van der Waals surface area contributed by atoms with Crippen molar-refractivity contribution in [1.82, 2.24) is 10.2 Å². The monoisotopic (exact) mass is 264 g/mol. The van der Waals surface area contributed by atoms with Crippen LogP contribution in [0.25, 0.3) is 0 Å². The lowest BCUT2D eigenvalue weighted by Gasteiger charge is -2.17. The second kappa shape index (κ2) is 6.04. The van der Waals surface area contributed by atoms with E-state index < -0.39 is 5.97 Å². The Morgan fingerprint density at radius 2 is 2.26 bits per heavy atom. The number of ether oxygens (including phenoxy) is 1. The van der Waals surface area contributed by atoms with Gasteiger partial charge in [-0.1, -0.05) is 6.07 Å². The van der Waals surface area contributed by atoms with Crippen LogP contribution in [0.3, 0.4) is 0 Å². The van der Waals surface area contributed by atoms with Crippen LogP contribution >= 0.6 is 0 Å². The molecule has 1 aromatic rings. The Morgan fingerprint density at radius 1 is 1.47 bits per heavy atom. The molecule has 1 fully saturated rings. The number of aromatic hydroxyl groups is 1. The molecule has 0 aromatic heterocycles. The molecule has 0 spiro atoms. The lowest BCUT2D eigenvalue weighted by molar-refractivity contribution is 0.0597. The normalized spacial score (nSPS) is 20.8. The molecule has 1 unspecified atom stereocenters. The van der Waals surface area contributed by atoms with Gasteiger partial charge in [0, 0.05) is 19.1 Å². The molecule has 0 saturated carbocycles. The molecule has 1 aromatic carbocycles. The zero-order valence-electron chi connectivity index (χ0n) is 11.3. The number of esters is 1. The molecule has 0 amide bonds. The second-order valence-electron chi connectivity index (χ2n) is 4.87. The number of carbonyl (C=O) groups is 1. The summed E-state index contributed by atoms with van der Waals surface area (Å²) in [7, 11) is 3.40. The third kappa shape index (κ3) is 3.24. The van der Waals surface area contributed by atoms with Gasteiger partial charge in [-0.05, 0) is 37.7 Å². The molecule has 1 saturated heterocycles. The van der Waals surface area contributed by atoms with Crippen molar-refractivity contribution in [2.45, 2.75) is 12.5 Å². The molecule has 2 rings (SSSR count). The average Bonchev–Trinajstić information content (AvgIpc) is 2.62. The summed E-state index contributed by atoms with van der Waals surface area (Å²) in [5, 5.41) is 13.4. The average molecular weight is 264 g/mol. The van der Waals surface area contributed by atoms with E-state index in [4.69, 9.17) is 0 Å². The minimum atomic E-state index is -0.516. The van der Waals surface area contributed by atoms with Gasteiger partial charge in [0.25, 0.3) is 0 Å².